The molecule has 0 unspecified atom stereocenters. The fourth-order valence-corrected chi connectivity index (χ4v) is 3.56. The van der Waals surface area contributed by atoms with Crippen LogP contribution in [-0.4, -0.2) is 48.8 Å². The molecule has 2 aromatic rings. The van der Waals surface area contributed by atoms with E-state index < -0.39 is 11.9 Å². The van der Waals surface area contributed by atoms with E-state index in [0.29, 0.717) is 0 Å². The average Bonchev–Trinajstić information content (AvgIpc) is 3.21. The lowest BCUT2D eigenvalue weighted by molar-refractivity contribution is -0.141. The minimum absolute atomic E-state index is 0.103. The predicted molar refractivity (Wildman–Crippen MR) is 87.3 cm³/mol. The highest BCUT2D eigenvalue weighted by molar-refractivity contribution is 5.36. The van der Waals surface area contributed by atoms with E-state index in [0.717, 1.165) is 75.9 Å². The third-order valence-electron chi connectivity index (χ3n) is 4.95. The molecule has 7 nitrogen and oxygen atoms in total. The first-order valence-electron chi connectivity index (χ1n) is 8.78. The Bertz CT molecular complexity index is 765. The second-order valence-electron chi connectivity index (χ2n) is 6.77. The number of piperidine rings is 1. The zero-order valence-corrected chi connectivity index (χ0v) is 14.2. The number of halogens is 3. The molecule has 0 bridgehead atoms. The van der Waals surface area contributed by atoms with Gasteiger partial charge >= 0.3 is 6.18 Å². The smallest absolute Gasteiger partial charge is 0.367 e. The Morgan fingerprint density at radius 1 is 1.12 bits per heavy atom. The van der Waals surface area contributed by atoms with E-state index in [9.17, 15) is 13.2 Å². The average molecular weight is 367 g/mol. The lowest BCUT2D eigenvalue weighted by Crippen LogP contribution is -2.39. The molecule has 140 valence electrons. The first-order chi connectivity index (χ1) is 12.5. The molecule has 1 N–H and O–H groups in total. The first kappa shape index (κ1) is 17.2. The second kappa shape index (κ2) is 6.82. The maximum atomic E-state index is 12.7. The van der Waals surface area contributed by atoms with E-state index >= 15 is 0 Å². The fraction of sp³-hybridized carbons (Fsp3) is 0.625. The van der Waals surface area contributed by atoms with Gasteiger partial charge in [-0.05, 0) is 19.3 Å². The molecule has 0 spiro atoms. The number of nitrogens with zero attached hydrogens (tertiary/aromatic N) is 6. The lowest BCUT2D eigenvalue weighted by Gasteiger charge is -2.32. The molecular weight excluding hydrogens is 347 g/mol. The molecule has 0 aromatic carbocycles. The first-order valence-corrected chi connectivity index (χ1v) is 8.78. The SMILES string of the molecule is FC(F)(F)c1cc(NC2CCN(Cc3nnc4n3CCC4)CC2)ncn1. The molecule has 0 amide bonds. The number of alkyl halides is 3. The van der Waals surface area contributed by atoms with Crippen molar-refractivity contribution in [3.8, 4) is 0 Å². The van der Waals surface area contributed by atoms with Gasteiger partial charge in [0.15, 0.2) is 0 Å². The van der Waals surface area contributed by atoms with Gasteiger partial charge in [-0.3, -0.25) is 4.90 Å². The van der Waals surface area contributed by atoms with Crippen LogP contribution >= 0.6 is 0 Å². The monoisotopic (exact) mass is 367 g/mol. The van der Waals surface area contributed by atoms with E-state index in [2.05, 4.69) is 34.9 Å². The minimum Gasteiger partial charge on any atom is -0.367 e. The van der Waals surface area contributed by atoms with Crippen molar-refractivity contribution in [2.45, 2.75) is 51.0 Å². The van der Waals surface area contributed by atoms with Gasteiger partial charge in [-0.1, -0.05) is 0 Å². The number of rotatable bonds is 4. The summed E-state index contributed by atoms with van der Waals surface area (Å²) in [6, 6.07) is 1.07. The van der Waals surface area contributed by atoms with Crippen LogP contribution in [0.25, 0.3) is 0 Å². The van der Waals surface area contributed by atoms with Crippen LogP contribution in [0.15, 0.2) is 12.4 Å². The highest BCUT2D eigenvalue weighted by atomic mass is 19.4. The zero-order valence-electron chi connectivity index (χ0n) is 14.2. The topological polar surface area (TPSA) is 71.8 Å². The van der Waals surface area contributed by atoms with Gasteiger partial charge in [0.05, 0.1) is 6.54 Å². The summed E-state index contributed by atoms with van der Waals surface area (Å²) in [5.41, 5.74) is -0.923. The van der Waals surface area contributed by atoms with Crippen LogP contribution in [0.2, 0.25) is 0 Å². The molecular formula is C16H20F3N7. The third-order valence-corrected chi connectivity index (χ3v) is 4.95. The van der Waals surface area contributed by atoms with Crippen LogP contribution < -0.4 is 5.32 Å². The molecule has 26 heavy (non-hydrogen) atoms. The zero-order chi connectivity index (χ0) is 18.1. The number of hydrogen-bond donors (Lipinski definition) is 1. The molecule has 0 radical (unpaired) electrons. The largest absolute Gasteiger partial charge is 0.433 e. The number of aromatic nitrogens is 5. The van der Waals surface area contributed by atoms with E-state index in [1.54, 1.807) is 0 Å². The van der Waals surface area contributed by atoms with Crippen LogP contribution in [-0.2, 0) is 25.7 Å². The normalized spacial score (nSPS) is 18.9. The number of anilines is 1. The van der Waals surface area contributed by atoms with Crippen molar-refractivity contribution in [1.29, 1.82) is 0 Å². The van der Waals surface area contributed by atoms with Crippen molar-refractivity contribution in [3.05, 3.63) is 29.7 Å². The van der Waals surface area contributed by atoms with Crippen LogP contribution in [0.1, 0.15) is 36.6 Å². The number of hydrogen-bond acceptors (Lipinski definition) is 6. The molecule has 2 aromatic heterocycles. The fourth-order valence-electron chi connectivity index (χ4n) is 3.56. The summed E-state index contributed by atoms with van der Waals surface area (Å²) in [7, 11) is 0. The molecule has 2 aliphatic heterocycles. The highest BCUT2D eigenvalue weighted by Gasteiger charge is 2.33. The summed E-state index contributed by atoms with van der Waals surface area (Å²) in [4.78, 5) is 9.51. The Morgan fingerprint density at radius 3 is 2.69 bits per heavy atom. The van der Waals surface area contributed by atoms with Gasteiger partial charge in [-0.15, -0.1) is 10.2 Å². The predicted octanol–water partition coefficient (Wildman–Crippen LogP) is 2.11. The van der Waals surface area contributed by atoms with Gasteiger partial charge in [0.2, 0.25) is 0 Å². The Labute approximate surface area is 148 Å². The Hall–Kier alpha value is -2.23. The van der Waals surface area contributed by atoms with Crippen molar-refractivity contribution in [2.75, 3.05) is 18.4 Å². The molecule has 0 saturated carbocycles. The lowest BCUT2D eigenvalue weighted by atomic mass is 10.1. The van der Waals surface area contributed by atoms with Gasteiger partial charge in [0.1, 0.15) is 29.5 Å². The molecule has 0 aliphatic carbocycles. The second-order valence-corrected chi connectivity index (χ2v) is 6.77. The van der Waals surface area contributed by atoms with Crippen molar-refractivity contribution >= 4 is 5.82 Å². The highest BCUT2D eigenvalue weighted by Crippen LogP contribution is 2.28. The summed E-state index contributed by atoms with van der Waals surface area (Å²) >= 11 is 0. The van der Waals surface area contributed by atoms with Gasteiger partial charge in [0.25, 0.3) is 0 Å². The van der Waals surface area contributed by atoms with Crippen LogP contribution in [0.5, 0.6) is 0 Å². The van der Waals surface area contributed by atoms with Gasteiger partial charge in [-0.25, -0.2) is 9.97 Å². The maximum Gasteiger partial charge on any atom is 0.433 e. The van der Waals surface area contributed by atoms with Crippen molar-refractivity contribution in [3.63, 3.8) is 0 Å². The molecule has 10 heteroatoms. The van der Waals surface area contributed by atoms with Crippen molar-refractivity contribution < 1.29 is 13.2 Å². The van der Waals surface area contributed by atoms with Gasteiger partial charge in [-0.2, -0.15) is 13.2 Å². The number of fused-ring (bicyclic) bond motifs is 1. The van der Waals surface area contributed by atoms with E-state index in [1.807, 2.05) is 0 Å². The molecule has 1 saturated heterocycles. The number of likely N-dealkylation sites (tertiary alicyclic amines) is 1. The molecule has 1 fully saturated rings. The maximum absolute atomic E-state index is 12.7. The van der Waals surface area contributed by atoms with E-state index in [1.165, 1.54) is 0 Å². The van der Waals surface area contributed by atoms with Crippen LogP contribution in [0.3, 0.4) is 0 Å². The van der Waals surface area contributed by atoms with Crippen molar-refractivity contribution in [1.82, 2.24) is 29.6 Å². The number of nitrogens with one attached hydrogen (secondary N) is 1. The molecule has 4 rings (SSSR count). The quantitative estimate of drug-likeness (QED) is 0.893. The minimum atomic E-state index is -4.46. The molecule has 2 aliphatic rings. The summed E-state index contributed by atoms with van der Waals surface area (Å²) in [5, 5.41) is 11.6. The Balaban J connectivity index is 1.31. The van der Waals surface area contributed by atoms with Crippen molar-refractivity contribution in [2.24, 2.45) is 0 Å². The Kier molecular flexibility index (Phi) is 4.51. The number of aryl methyl sites for hydroxylation is 1. The van der Waals surface area contributed by atoms with Crippen LogP contribution in [0.4, 0.5) is 19.0 Å². The standard InChI is InChI=1S/C16H20F3N7/c17-16(18,19)12-8-13(21-10-20-12)22-11-3-6-25(7-4-11)9-15-24-23-14-2-1-5-26(14)15/h8,10-11H,1-7,9H2,(H,20,21,22). The Morgan fingerprint density at radius 2 is 1.92 bits per heavy atom. The summed E-state index contributed by atoms with van der Waals surface area (Å²) in [6.45, 7) is 3.48. The van der Waals surface area contributed by atoms with E-state index in [4.69, 9.17) is 0 Å². The van der Waals surface area contributed by atoms with Gasteiger partial charge in [0, 0.05) is 38.2 Å². The third kappa shape index (κ3) is 3.64. The summed E-state index contributed by atoms with van der Waals surface area (Å²) in [6.07, 6.45) is 0.298. The summed E-state index contributed by atoms with van der Waals surface area (Å²) < 4.78 is 40.4. The summed E-state index contributed by atoms with van der Waals surface area (Å²) in [5.74, 6) is 2.30. The molecule has 4 heterocycles. The van der Waals surface area contributed by atoms with Crippen LogP contribution in [0, 0.1) is 0 Å². The van der Waals surface area contributed by atoms with E-state index in [-0.39, 0.29) is 11.9 Å². The van der Waals surface area contributed by atoms with Gasteiger partial charge < -0.3 is 9.88 Å². The molecule has 0 atom stereocenters.